The van der Waals surface area contributed by atoms with Crippen LogP contribution in [0.5, 0.6) is 11.6 Å². The largest absolute Gasteiger partial charge is 0.439 e. The molecule has 2 rings (SSSR count). The topological polar surface area (TPSA) is 48.1 Å². The summed E-state index contributed by atoms with van der Waals surface area (Å²) in [5, 5.41) is 0. The molecule has 0 spiro atoms. The van der Waals surface area contributed by atoms with Gasteiger partial charge in [0, 0.05) is 22.8 Å². The van der Waals surface area contributed by atoms with Crippen molar-refractivity contribution in [1.82, 2.24) is 4.98 Å². The molecule has 0 saturated heterocycles. The molecule has 2 aromatic rings. The van der Waals surface area contributed by atoms with Crippen LogP contribution in [0.4, 0.5) is 10.1 Å². The summed E-state index contributed by atoms with van der Waals surface area (Å²) in [6.07, 6.45) is 1.60. The van der Waals surface area contributed by atoms with E-state index >= 15 is 0 Å². The average molecular weight is 283 g/mol. The van der Waals surface area contributed by atoms with E-state index in [-0.39, 0.29) is 5.69 Å². The molecule has 0 unspecified atom stereocenters. The molecule has 2 N–H and O–H groups in total. The lowest BCUT2D eigenvalue weighted by molar-refractivity contribution is 0.458. The van der Waals surface area contributed by atoms with E-state index in [2.05, 4.69) is 20.9 Å². The van der Waals surface area contributed by atoms with E-state index in [9.17, 15) is 4.39 Å². The fourth-order valence-electron chi connectivity index (χ4n) is 1.11. The number of hydrogen-bond donors (Lipinski definition) is 1. The molecule has 0 saturated carbocycles. The van der Waals surface area contributed by atoms with Crippen LogP contribution in [-0.4, -0.2) is 4.98 Å². The summed E-state index contributed by atoms with van der Waals surface area (Å²) in [6, 6.07) is 7.72. The Balaban J connectivity index is 2.20. The number of aromatic nitrogens is 1. The van der Waals surface area contributed by atoms with E-state index in [1.54, 1.807) is 24.4 Å². The molecule has 0 atom stereocenters. The third-order valence-electron chi connectivity index (χ3n) is 1.89. The molecule has 0 radical (unpaired) electrons. The summed E-state index contributed by atoms with van der Waals surface area (Å²) < 4.78 is 19.3. The Morgan fingerprint density at radius 2 is 2.06 bits per heavy atom. The third-order valence-corrected chi connectivity index (χ3v) is 2.36. The van der Waals surface area contributed by atoms with Crippen LogP contribution in [0.1, 0.15) is 0 Å². The van der Waals surface area contributed by atoms with E-state index in [1.165, 1.54) is 12.1 Å². The van der Waals surface area contributed by atoms with Crippen molar-refractivity contribution < 1.29 is 9.13 Å². The molecule has 16 heavy (non-hydrogen) atoms. The molecule has 5 heteroatoms. The molecular formula is C11H8BrFN2O. The van der Waals surface area contributed by atoms with Gasteiger partial charge in [0.2, 0.25) is 5.88 Å². The first-order valence-electron chi connectivity index (χ1n) is 4.49. The molecule has 0 bridgehead atoms. The average Bonchev–Trinajstić information content (AvgIpc) is 2.27. The molecule has 0 aliphatic heterocycles. The Morgan fingerprint density at radius 3 is 2.69 bits per heavy atom. The van der Waals surface area contributed by atoms with Gasteiger partial charge in [0.1, 0.15) is 11.6 Å². The monoisotopic (exact) mass is 282 g/mol. The van der Waals surface area contributed by atoms with Crippen molar-refractivity contribution >= 4 is 21.6 Å². The number of halogens is 2. The second kappa shape index (κ2) is 4.49. The van der Waals surface area contributed by atoms with Crippen LogP contribution < -0.4 is 10.5 Å². The Bertz CT molecular complexity index is 502. The van der Waals surface area contributed by atoms with Gasteiger partial charge in [-0.1, -0.05) is 0 Å². The summed E-state index contributed by atoms with van der Waals surface area (Å²) in [5.41, 5.74) is 5.44. The number of benzene rings is 1. The zero-order valence-electron chi connectivity index (χ0n) is 8.15. The SMILES string of the molecule is Nc1ccc(Oc2ccc(Br)cn2)cc1F. The first kappa shape index (κ1) is 10.9. The molecule has 0 aliphatic carbocycles. The number of nitrogens with zero attached hydrogens (tertiary/aromatic N) is 1. The number of anilines is 1. The van der Waals surface area contributed by atoms with Gasteiger partial charge in [0.15, 0.2) is 0 Å². The summed E-state index contributed by atoms with van der Waals surface area (Å²) in [7, 11) is 0. The van der Waals surface area contributed by atoms with Gasteiger partial charge in [0.25, 0.3) is 0 Å². The van der Waals surface area contributed by atoms with Crippen molar-refractivity contribution in [2.75, 3.05) is 5.73 Å². The second-order valence-electron chi connectivity index (χ2n) is 3.10. The predicted molar refractivity (Wildman–Crippen MR) is 62.8 cm³/mol. The normalized spacial score (nSPS) is 10.1. The number of rotatable bonds is 2. The van der Waals surface area contributed by atoms with Gasteiger partial charge in [-0.25, -0.2) is 9.37 Å². The van der Waals surface area contributed by atoms with E-state index in [4.69, 9.17) is 10.5 Å². The highest BCUT2D eigenvalue weighted by atomic mass is 79.9. The van der Waals surface area contributed by atoms with Crippen molar-refractivity contribution in [3.05, 3.63) is 46.8 Å². The van der Waals surface area contributed by atoms with E-state index in [1.807, 2.05) is 0 Å². The summed E-state index contributed by atoms with van der Waals surface area (Å²) in [6.45, 7) is 0. The Labute approximate surface area is 100 Å². The van der Waals surface area contributed by atoms with Crippen LogP contribution >= 0.6 is 15.9 Å². The maximum Gasteiger partial charge on any atom is 0.219 e. The van der Waals surface area contributed by atoms with Crippen LogP contribution in [0, 0.1) is 5.82 Å². The zero-order chi connectivity index (χ0) is 11.5. The fraction of sp³-hybridized carbons (Fsp3) is 0. The van der Waals surface area contributed by atoms with Gasteiger partial charge in [-0.05, 0) is 34.1 Å². The Morgan fingerprint density at radius 1 is 1.25 bits per heavy atom. The highest BCUT2D eigenvalue weighted by molar-refractivity contribution is 9.10. The van der Waals surface area contributed by atoms with Gasteiger partial charge in [-0.15, -0.1) is 0 Å². The highest BCUT2D eigenvalue weighted by Gasteiger charge is 2.02. The smallest absolute Gasteiger partial charge is 0.219 e. The lowest BCUT2D eigenvalue weighted by Gasteiger charge is -2.05. The van der Waals surface area contributed by atoms with E-state index in [0.717, 1.165) is 4.47 Å². The van der Waals surface area contributed by atoms with Crippen molar-refractivity contribution in [1.29, 1.82) is 0 Å². The van der Waals surface area contributed by atoms with Crippen molar-refractivity contribution in [3.8, 4) is 11.6 Å². The van der Waals surface area contributed by atoms with Crippen LogP contribution in [-0.2, 0) is 0 Å². The number of nitrogens with two attached hydrogens (primary N) is 1. The van der Waals surface area contributed by atoms with Gasteiger partial charge >= 0.3 is 0 Å². The van der Waals surface area contributed by atoms with Gasteiger partial charge in [0.05, 0.1) is 5.69 Å². The molecule has 0 fully saturated rings. The summed E-state index contributed by atoms with van der Waals surface area (Å²) in [5.74, 6) is 0.253. The minimum absolute atomic E-state index is 0.0936. The molecule has 0 aliphatic rings. The Hall–Kier alpha value is -1.62. The minimum atomic E-state index is -0.505. The maximum absolute atomic E-state index is 13.1. The molecule has 1 heterocycles. The Kier molecular flexibility index (Phi) is 3.05. The standard InChI is InChI=1S/C11H8BrFN2O/c12-7-1-4-11(15-6-7)16-8-2-3-10(14)9(13)5-8/h1-6H,14H2. The molecular weight excluding hydrogens is 275 g/mol. The van der Waals surface area contributed by atoms with Gasteiger partial charge in [-0.2, -0.15) is 0 Å². The summed E-state index contributed by atoms with van der Waals surface area (Å²) in [4.78, 5) is 4.00. The molecule has 1 aromatic carbocycles. The molecule has 1 aromatic heterocycles. The highest BCUT2D eigenvalue weighted by Crippen LogP contribution is 2.23. The van der Waals surface area contributed by atoms with Gasteiger partial charge < -0.3 is 10.5 Å². The van der Waals surface area contributed by atoms with Crippen LogP contribution in [0.15, 0.2) is 41.0 Å². The van der Waals surface area contributed by atoms with Crippen molar-refractivity contribution in [2.45, 2.75) is 0 Å². The van der Waals surface area contributed by atoms with Crippen LogP contribution in [0.25, 0.3) is 0 Å². The first-order chi connectivity index (χ1) is 7.65. The number of ether oxygens (including phenoxy) is 1. The van der Waals surface area contributed by atoms with Crippen LogP contribution in [0.3, 0.4) is 0 Å². The lowest BCUT2D eigenvalue weighted by Crippen LogP contribution is -1.92. The third kappa shape index (κ3) is 2.49. The maximum atomic E-state index is 13.1. The quantitative estimate of drug-likeness (QED) is 0.860. The number of nitrogen functional groups attached to an aromatic ring is 1. The molecule has 0 amide bonds. The van der Waals surface area contributed by atoms with Crippen LogP contribution in [0.2, 0.25) is 0 Å². The van der Waals surface area contributed by atoms with E-state index < -0.39 is 5.82 Å². The van der Waals surface area contributed by atoms with E-state index in [0.29, 0.717) is 11.6 Å². The summed E-state index contributed by atoms with van der Waals surface area (Å²) >= 11 is 3.26. The molecule has 82 valence electrons. The van der Waals surface area contributed by atoms with Crippen molar-refractivity contribution in [3.63, 3.8) is 0 Å². The van der Waals surface area contributed by atoms with Gasteiger partial charge in [-0.3, -0.25) is 0 Å². The number of hydrogen-bond acceptors (Lipinski definition) is 3. The zero-order valence-corrected chi connectivity index (χ0v) is 9.74. The number of pyridine rings is 1. The first-order valence-corrected chi connectivity index (χ1v) is 5.29. The second-order valence-corrected chi connectivity index (χ2v) is 4.02. The lowest BCUT2D eigenvalue weighted by atomic mass is 10.3. The predicted octanol–water partition coefficient (Wildman–Crippen LogP) is 3.36. The molecule has 3 nitrogen and oxygen atoms in total. The fourth-order valence-corrected chi connectivity index (χ4v) is 1.35. The minimum Gasteiger partial charge on any atom is -0.439 e. The van der Waals surface area contributed by atoms with Crippen molar-refractivity contribution in [2.24, 2.45) is 0 Å².